The van der Waals surface area contributed by atoms with Crippen molar-refractivity contribution in [2.75, 3.05) is 25.6 Å². The van der Waals surface area contributed by atoms with E-state index in [2.05, 4.69) is 43.0 Å². The first-order chi connectivity index (χ1) is 8.44. The molecule has 0 bridgehead atoms. The third-order valence-electron chi connectivity index (χ3n) is 3.01. The van der Waals surface area contributed by atoms with Gasteiger partial charge in [0, 0.05) is 32.0 Å². The average molecular weight is 251 g/mol. The zero-order chi connectivity index (χ0) is 13.6. The summed E-state index contributed by atoms with van der Waals surface area (Å²) in [6.07, 6.45) is 2.65. The Bertz CT molecular complexity index is 364. The summed E-state index contributed by atoms with van der Waals surface area (Å²) < 4.78 is 5.13. The molecular weight excluding hydrogens is 226 g/mol. The van der Waals surface area contributed by atoms with Gasteiger partial charge in [0.25, 0.3) is 0 Å². The SMILES string of the molecule is COCCC(C)(C)CNc1cc(C(C)C)ncn1. The number of methoxy groups -OCH3 is 1. The van der Waals surface area contributed by atoms with Gasteiger partial charge in [0.15, 0.2) is 0 Å². The van der Waals surface area contributed by atoms with Crippen LogP contribution in [0.1, 0.15) is 45.7 Å². The van der Waals surface area contributed by atoms with E-state index < -0.39 is 0 Å². The second-order valence-electron chi connectivity index (χ2n) is 5.74. The van der Waals surface area contributed by atoms with Crippen LogP contribution in [0.25, 0.3) is 0 Å². The molecule has 0 fully saturated rings. The molecule has 0 aliphatic rings. The lowest BCUT2D eigenvalue weighted by atomic mass is 9.90. The molecule has 0 unspecified atom stereocenters. The number of nitrogens with zero attached hydrogens (tertiary/aromatic N) is 2. The summed E-state index contributed by atoms with van der Waals surface area (Å²) in [5, 5.41) is 3.38. The lowest BCUT2D eigenvalue weighted by Gasteiger charge is -2.24. The molecule has 1 aromatic heterocycles. The Morgan fingerprint density at radius 3 is 2.67 bits per heavy atom. The zero-order valence-electron chi connectivity index (χ0n) is 12.2. The summed E-state index contributed by atoms with van der Waals surface area (Å²) in [5.74, 6) is 1.33. The molecule has 4 heteroatoms. The van der Waals surface area contributed by atoms with Gasteiger partial charge in [-0.3, -0.25) is 0 Å². The second-order valence-corrected chi connectivity index (χ2v) is 5.74. The van der Waals surface area contributed by atoms with Crippen LogP contribution < -0.4 is 5.32 Å². The summed E-state index contributed by atoms with van der Waals surface area (Å²) in [5.41, 5.74) is 1.26. The van der Waals surface area contributed by atoms with Gasteiger partial charge in [0.1, 0.15) is 12.1 Å². The van der Waals surface area contributed by atoms with Gasteiger partial charge in [-0.25, -0.2) is 9.97 Å². The molecule has 1 N–H and O–H groups in total. The van der Waals surface area contributed by atoms with Crippen LogP contribution in [0.5, 0.6) is 0 Å². The lowest BCUT2D eigenvalue weighted by molar-refractivity contribution is 0.157. The van der Waals surface area contributed by atoms with Crippen molar-refractivity contribution < 1.29 is 4.74 Å². The average Bonchev–Trinajstić information content (AvgIpc) is 2.34. The van der Waals surface area contributed by atoms with Crippen LogP contribution in [0, 0.1) is 5.41 Å². The molecule has 0 radical (unpaired) electrons. The zero-order valence-corrected chi connectivity index (χ0v) is 12.2. The number of anilines is 1. The number of aromatic nitrogens is 2. The predicted molar refractivity (Wildman–Crippen MR) is 74.9 cm³/mol. The highest BCUT2D eigenvalue weighted by atomic mass is 16.5. The molecule has 0 spiro atoms. The van der Waals surface area contributed by atoms with Crippen molar-refractivity contribution in [3.05, 3.63) is 18.1 Å². The molecule has 1 heterocycles. The van der Waals surface area contributed by atoms with Gasteiger partial charge >= 0.3 is 0 Å². The molecule has 18 heavy (non-hydrogen) atoms. The molecule has 0 saturated heterocycles. The van der Waals surface area contributed by atoms with E-state index in [0.29, 0.717) is 5.92 Å². The minimum absolute atomic E-state index is 0.193. The van der Waals surface area contributed by atoms with E-state index in [0.717, 1.165) is 31.1 Å². The molecule has 0 saturated carbocycles. The molecule has 0 atom stereocenters. The van der Waals surface area contributed by atoms with E-state index in [1.165, 1.54) is 0 Å². The fourth-order valence-corrected chi connectivity index (χ4v) is 1.58. The number of hydrogen-bond donors (Lipinski definition) is 1. The fraction of sp³-hybridized carbons (Fsp3) is 0.714. The Kier molecular flexibility index (Phi) is 5.54. The lowest BCUT2D eigenvalue weighted by Crippen LogP contribution is -2.25. The molecule has 1 rings (SSSR count). The molecular formula is C14H25N3O. The van der Waals surface area contributed by atoms with E-state index in [9.17, 15) is 0 Å². The summed E-state index contributed by atoms with van der Waals surface area (Å²) in [7, 11) is 1.74. The molecule has 4 nitrogen and oxygen atoms in total. The van der Waals surface area contributed by atoms with Crippen molar-refractivity contribution in [1.82, 2.24) is 9.97 Å². The van der Waals surface area contributed by atoms with Crippen LogP contribution in [-0.2, 0) is 4.74 Å². The van der Waals surface area contributed by atoms with E-state index >= 15 is 0 Å². The van der Waals surface area contributed by atoms with Crippen LogP contribution >= 0.6 is 0 Å². The monoisotopic (exact) mass is 251 g/mol. The van der Waals surface area contributed by atoms with E-state index in [1.807, 2.05) is 6.07 Å². The van der Waals surface area contributed by atoms with Crippen molar-refractivity contribution in [1.29, 1.82) is 0 Å². The number of hydrogen-bond acceptors (Lipinski definition) is 4. The van der Waals surface area contributed by atoms with Crippen LogP contribution in [0.3, 0.4) is 0 Å². The molecule has 0 amide bonds. The van der Waals surface area contributed by atoms with Crippen molar-refractivity contribution in [2.24, 2.45) is 5.41 Å². The standard InChI is InChI=1S/C14H25N3O/c1-11(2)12-8-13(17-10-16-12)15-9-14(3,4)6-7-18-5/h8,10-11H,6-7,9H2,1-5H3,(H,15,16,17). The van der Waals surface area contributed by atoms with Gasteiger partial charge in [0.2, 0.25) is 0 Å². The summed E-state index contributed by atoms with van der Waals surface area (Å²) in [6.45, 7) is 10.4. The summed E-state index contributed by atoms with van der Waals surface area (Å²) in [4.78, 5) is 8.51. The van der Waals surface area contributed by atoms with Gasteiger partial charge in [0.05, 0.1) is 0 Å². The number of ether oxygens (including phenoxy) is 1. The van der Waals surface area contributed by atoms with Crippen molar-refractivity contribution in [2.45, 2.75) is 40.0 Å². The highest BCUT2D eigenvalue weighted by Crippen LogP contribution is 2.21. The normalized spacial score (nSPS) is 11.9. The smallest absolute Gasteiger partial charge is 0.129 e. The summed E-state index contributed by atoms with van der Waals surface area (Å²) >= 11 is 0. The minimum Gasteiger partial charge on any atom is -0.385 e. The van der Waals surface area contributed by atoms with E-state index in [-0.39, 0.29) is 5.41 Å². The predicted octanol–water partition coefficient (Wildman–Crippen LogP) is 3.07. The number of nitrogens with one attached hydrogen (secondary N) is 1. The van der Waals surface area contributed by atoms with Gasteiger partial charge in [-0.15, -0.1) is 0 Å². The highest BCUT2D eigenvalue weighted by Gasteiger charge is 2.17. The van der Waals surface area contributed by atoms with Gasteiger partial charge in [-0.05, 0) is 17.8 Å². The third kappa shape index (κ3) is 5.00. The summed E-state index contributed by atoms with van der Waals surface area (Å²) in [6, 6.07) is 2.02. The highest BCUT2D eigenvalue weighted by molar-refractivity contribution is 5.35. The van der Waals surface area contributed by atoms with Crippen LogP contribution in [0.4, 0.5) is 5.82 Å². The molecule has 1 aromatic rings. The van der Waals surface area contributed by atoms with E-state index in [4.69, 9.17) is 4.74 Å². The topological polar surface area (TPSA) is 47.0 Å². The molecule has 0 aliphatic carbocycles. The Balaban J connectivity index is 2.55. The fourth-order valence-electron chi connectivity index (χ4n) is 1.58. The largest absolute Gasteiger partial charge is 0.385 e. The Morgan fingerprint density at radius 1 is 1.33 bits per heavy atom. The van der Waals surface area contributed by atoms with Gasteiger partial charge < -0.3 is 10.1 Å². The van der Waals surface area contributed by atoms with Crippen LogP contribution in [0.2, 0.25) is 0 Å². The first kappa shape index (κ1) is 14.9. The van der Waals surface area contributed by atoms with Crippen molar-refractivity contribution in [3.63, 3.8) is 0 Å². The second kappa shape index (κ2) is 6.69. The third-order valence-corrected chi connectivity index (χ3v) is 3.01. The Hall–Kier alpha value is -1.16. The number of rotatable bonds is 7. The van der Waals surface area contributed by atoms with Gasteiger partial charge in [-0.2, -0.15) is 0 Å². The first-order valence-electron chi connectivity index (χ1n) is 6.49. The molecule has 0 aliphatic heterocycles. The van der Waals surface area contributed by atoms with Crippen LogP contribution in [0.15, 0.2) is 12.4 Å². The quantitative estimate of drug-likeness (QED) is 0.809. The Morgan fingerprint density at radius 2 is 2.06 bits per heavy atom. The maximum absolute atomic E-state index is 5.13. The Labute approximate surface area is 110 Å². The van der Waals surface area contributed by atoms with Crippen LogP contribution in [-0.4, -0.2) is 30.2 Å². The first-order valence-corrected chi connectivity index (χ1v) is 6.49. The van der Waals surface area contributed by atoms with Gasteiger partial charge in [-0.1, -0.05) is 27.7 Å². The maximum Gasteiger partial charge on any atom is 0.129 e. The van der Waals surface area contributed by atoms with Crippen molar-refractivity contribution >= 4 is 5.82 Å². The molecule has 102 valence electrons. The van der Waals surface area contributed by atoms with Crippen molar-refractivity contribution in [3.8, 4) is 0 Å². The van der Waals surface area contributed by atoms with E-state index in [1.54, 1.807) is 13.4 Å². The minimum atomic E-state index is 0.193. The maximum atomic E-state index is 5.13. The molecule has 0 aromatic carbocycles.